The maximum absolute atomic E-state index is 11.8. The van der Waals surface area contributed by atoms with Crippen molar-refractivity contribution in [1.82, 2.24) is 14.9 Å². The molecule has 1 aromatic heterocycles. The van der Waals surface area contributed by atoms with Crippen LogP contribution in [-0.4, -0.2) is 30.4 Å². The van der Waals surface area contributed by atoms with Gasteiger partial charge < -0.3 is 0 Å². The first-order chi connectivity index (χ1) is 7.38. The maximum Gasteiger partial charge on any atom is 0.244 e. The number of ketones is 1. The molecule has 1 unspecified atom stereocenters. The van der Waals surface area contributed by atoms with Crippen LogP contribution >= 0.6 is 0 Å². The highest BCUT2D eigenvalue weighted by Crippen LogP contribution is 2.11. The second kappa shape index (κ2) is 4.75. The molecular formula is C9H15N3O3S. The van der Waals surface area contributed by atoms with E-state index in [0.717, 1.165) is 0 Å². The first-order valence-corrected chi connectivity index (χ1v) is 6.41. The summed E-state index contributed by atoms with van der Waals surface area (Å²) in [6, 6.07) is -0.718. The van der Waals surface area contributed by atoms with Crippen molar-refractivity contribution in [3.8, 4) is 0 Å². The predicted molar refractivity (Wildman–Crippen MR) is 58.4 cm³/mol. The van der Waals surface area contributed by atoms with Crippen molar-refractivity contribution < 1.29 is 13.2 Å². The molecule has 1 atom stereocenters. The number of rotatable bonds is 5. The summed E-state index contributed by atoms with van der Waals surface area (Å²) < 4.78 is 26.0. The van der Waals surface area contributed by atoms with Crippen LogP contribution in [0.1, 0.15) is 26.0 Å². The Kier molecular flexibility index (Phi) is 3.82. The van der Waals surface area contributed by atoms with Crippen molar-refractivity contribution in [2.75, 3.05) is 0 Å². The molecule has 16 heavy (non-hydrogen) atoms. The molecule has 90 valence electrons. The molecule has 1 aromatic rings. The van der Waals surface area contributed by atoms with Gasteiger partial charge in [-0.3, -0.25) is 9.89 Å². The number of aromatic nitrogens is 2. The molecule has 0 bridgehead atoms. The van der Waals surface area contributed by atoms with Gasteiger partial charge in [0.05, 0.1) is 17.9 Å². The zero-order valence-electron chi connectivity index (χ0n) is 9.44. The molecular weight excluding hydrogens is 230 g/mol. The molecule has 0 fully saturated rings. The second-order valence-electron chi connectivity index (χ2n) is 3.52. The summed E-state index contributed by atoms with van der Waals surface area (Å²) in [6.45, 7) is 4.82. The predicted octanol–water partition coefficient (Wildman–Crippen LogP) is 0.364. The Balaban J connectivity index is 2.89. The standard InChI is InChI=1S/C9H15N3O3S/c1-4-8(13)6(2)12-16(14,15)9-5-10-11-7(9)3/h5-6,12H,4H2,1-3H3,(H,10,11). The highest BCUT2D eigenvalue weighted by molar-refractivity contribution is 7.89. The third-order valence-electron chi connectivity index (χ3n) is 2.24. The zero-order valence-corrected chi connectivity index (χ0v) is 10.3. The van der Waals surface area contributed by atoms with Crippen LogP contribution in [0, 0.1) is 6.92 Å². The van der Waals surface area contributed by atoms with Gasteiger partial charge in [0, 0.05) is 6.42 Å². The Morgan fingerprint density at radius 1 is 1.62 bits per heavy atom. The molecule has 0 aliphatic heterocycles. The fourth-order valence-electron chi connectivity index (χ4n) is 1.28. The number of hydrogen-bond acceptors (Lipinski definition) is 4. The minimum Gasteiger partial charge on any atom is -0.298 e. The largest absolute Gasteiger partial charge is 0.298 e. The third-order valence-corrected chi connectivity index (χ3v) is 3.89. The number of nitrogens with zero attached hydrogens (tertiary/aromatic N) is 1. The van der Waals surface area contributed by atoms with Crippen LogP contribution < -0.4 is 4.72 Å². The van der Waals surface area contributed by atoms with Crippen molar-refractivity contribution in [2.45, 2.75) is 38.1 Å². The van der Waals surface area contributed by atoms with Gasteiger partial charge in [-0.1, -0.05) is 6.92 Å². The Morgan fingerprint density at radius 2 is 2.25 bits per heavy atom. The summed E-state index contributed by atoms with van der Waals surface area (Å²) in [6.07, 6.45) is 1.52. The average molecular weight is 245 g/mol. The first-order valence-electron chi connectivity index (χ1n) is 4.93. The Morgan fingerprint density at radius 3 is 2.69 bits per heavy atom. The number of aromatic amines is 1. The summed E-state index contributed by atoms with van der Waals surface area (Å²) in [5, 5.41) is 6.17. The second-order valence-corrected chi connectivity index (χ2v) is 5.20. The molecule has 0 aliphatic rings. The monoisotopic (exact) mass is 245 g/mol. The third kappa shape index (κ3) is 2.67. The molecule has 6 nitrogen and oxygen atoms in total. The number of H-pyrrole nitrogens is 1. The van der Waals surface area contributed by atoms with Gasteiger partial charge in [-0.2, -0.15) is 5.10 Å². The van der Waals surface area contributed by atoms with Crippen molar-refractivity contribution in [3.63, 3.8) is 0 Å². The van der Waals surface area contributed by atoms with Crippen molar-refractivity contribution in [3.05, 3.63) is 11.9 Å². The van der Waals surface area contributed by atoms with Crippen molar-refractivity contribution in [2.24, 2.45) is 0 Å². The number of aryl methyl sites for hydroxylation is 1. The Hall–Kier alpha value is -1.21. The molecule has 0 amide bonds. The SMILES string of the molecule is CCC(=O)C(C)NS(=O)(=O)c1cn[nH]c1C. The molecule has 1 heterocycles. The van der Waals surface area contributed by atoms with E-state index in [4.69, 9.17) is 0 Å². The van der Waals surface area contributed by atoms with Crippen LogP contribution in [0.3, 0.4) is 0 Å². The van der Waals surface area contributed by atoms with Gasteiger partial charge in [-0.25, -0.2) is 13.1 Å². The number of hydrogen-bond donors (Lipinski definition) is 2. The van der Waals surface area contributed by atoms with E-state index < -0.39 is 16.1 Å². The lowest BCUT2D eigenvalue weighted by Crippen LogP contribution is -2.38. The van der Waals surface area contributed by atoms with Gasteiger partial charge >= 0.3 is 0 Å². The van der Waals surface area contributed by atoms with E-state index in [1.807, 2.05) is 0 Å². The van der Waals surface area contributed by atoms with Crippen molar-refractivity contribution in [1.29, 1.82) is 0 Å². The lowest BCUT2D eigenvalue weighted by molar-refractivity contribution is -0.119. The number of sulfonamides is 1. The maximum atomic E-state index is 11.8. The molecule has 2 N–H and O–H groups in total. The minimum absolute atomic E-state index is 0.0725. The van der Waals surface area contributed by atoms with Crippen LogP contribution in [0.25, 0.3) is 0 Å². The van der Waals surface area contributed by atoms with Crippen LogP contribution in [0.15, 0.2) is 11.1 Å². The summed E-state index contributed by atoms with van der Waals surface area (Å²) >= 11 is 0. The van der Waals surface area contributed by atoms with Crippen molar-refractivity contribution >= 4 is 15.8 Å². The van der Waals surface area contributed by atoms with E-state index in [0.29, 0.717) is 12.1 Å². The van der Waals surface area contributed by atoms with E-state index in [9.17, 15) is 13.2 Å². The summed E-state index contributed by atoms with van der Waals surface area (Å²) in [5.41, 5.74) is 0.448. The Bertz CT molecular complexity index is 478. The molecule has 0 radical (unpaired) electrons. The molecule has 0 saturated heterocycles. The lowest BCUT2D eigenvalue weighted by Gasteiger charge is -2.11. The molecule has 0 spiro atoms. The van der Waals surface area contributed by atoms with Gasteiger partial charge in [0.25, 0.3) is 0 Å². The van der Waals surface area contributed by atoms with Gasteiger partial charge in [-0.15, -0.1) is 0 Å². The van der Waals surface area contributed by atoms with E-state index in [1.54, 1.807) is 13.8 Å². The van der Waals surface area contributed by atoms with Crippen LogP contribution in [-0.2, 0) is 14.8 Å². The molecule has 1 rings (SSSR count). The summed E-state index contributed by atoms with van der Waals surface area (Å²) in [7, 11) is -3.67. The molecule has 0 saturated carbocycles. The van der Waals surface area contributed by atoms with Crippen LogP contribution in [0.4, 0.5) is 0 Å². The molecule has 7 heteroatoms. The number of nitrogens with one attached hydrogen (secondary N) is 2. The normalized spacial score (nSPS) is 13.7. The lowest BCUT2D eigenvalue weighted by atomic mass is 10.2. The van der Waals surface area contributed by atoms with Gasteiger partial charge in [0.15, 0.2) is 0 Å². The Labute approximate surface area is 94.5 Å². The summed E-state index contributed by atoms with van der Waals surface area (Å²) in [4.78, 5) is 11.4. The average Bonchev–Trinajstić information content (AvgIpc) is 2.63. The quantitative estimate of drug-likeness (QED) is 0.783. The van der Waals surface area contributed by atoms with Gasteiger partial charge in [-0.05, 0) is 13.8 Å². The number of carbonyl (C=O) groups is 1. The fourth-order valence-corrected chi connectivity index (χ4v) is 2.64. The van der Waals surface area contributed by atoms with Gasteiger partial charge in [0.1, 0.15) is 10.7 Å². The topological polar surface area (TPSA) is 91.9 Å². The van der Waals surface area contributed by atoms with Crippen LogP contribution in [0.5, 0.6) is 0 Å². The van der Waals surface area contributed by atoms with Gasteiger partial charge in [0.2, 0.25) is 10.0 Å². The van der Waals surface area contributed by atoms with E-state index >= 15 is 0 Å². The molecule has 0 aromatic carbocycles. The smallest absolute Gasteiger partial charge is 0.244 e. The first kappa shape index (κ1) is 12.9. The van der Waals surface area contributed by atoms with E-state index in [1.165, 1.54) is 13.1 Å². The zero-order chi connectivity index (χ0) is 12.3. The summed E-state index contributed by atoms with van der Waals surface area (Å²) in [5.74, 6) is -0.148. The van der Waals surface area contributed by atoms with E-state index in [2.05, 4.69) is 14.9 Å². The highest BCUT2D eigenvalue weighted by Gasteiger charge is 2.23. The molecule has 0 aliphatic carbocycles. The van der Waals surface area contributed by atoms with E-state index in [-0.39, 0.29) is 10.7 Å². The highest BCUT2D eigenvalue weighted by atomic mass is 32.2. The van der Waals surface area contributed by atoms with Crippen LogP contribution in [0.2, 0.25) is 0 Å². The fraction of sp³-hybridized carbons (Fsp3) is 0.556. The number of Topliss-reactive ketones (excluding diaryl/α,β-unsaturated/α-hetero) is 1. The number of carbonyl (C=O) groups excluding carboxylic acids is 1. The minimum atomic E-state index is -3.67.